The molecule has 15 heavy (non-hydrogen) atoms. The van der Waals surface area contributed by atoms with Crippen LogP contribution in [-0.2, 0) is 4.74 Å². The fourth-order valence-corrected chi connectivity index (χ4v) is 2.40. The number of thioether (sulfide) groups is 1. The van der Waals surface area contributed by atoms with Crippen LogP contribution in [0.4, 0.5) is 0 Å². The molecule has 1 aromatic rings. The van der Waals surface area contributed by atoms with Crippen molar-refractivity contribution in [2.24, 2.45) is 5.73 Å². The van der Waals surface area contributed by atoms with E-state index in [1.54, 1.807) is 24.1 Å². The number of esters is 1. The topological polar surface area (TPSA) is 65.2 Å². The Morgan fingerprint density at radius 3 is 3.07 bits per heavy atom. The van der Waals surface area contributed by atoms with Crippen molar-refractivity contribution in [2.75, 3.05) is 18.9 Å². The van der Waals surface area contributed by atoms with Crippen LogP contribution in [0, 0.1) is 0 Å². The van der Waals surface area contributed by atoms with E-state index >= 15 is 0 Å². The number of aromatic nitrogens is 1. The van der Waals surface area contributed by atoms with Crippen LogP contribution < -0.4 is 5.73 Å². The highest BCUT2D eigenvalue weighted by atomic mass is 35.5. The maximum absolute atomic E-state index is 11.2. The second-order valence-corrected chi connectivity index (χ2v) is 4.56. The van der Waals surface area contributed by atoms with Gasteiger partial charge in [0.25, 0.3) is 0 Å². The van der Waals surface area contributed by atoms with Gasteiger partial charge in [-0.2, -0.15) is 0 Å². The van der Waals surface area contributed by atoms with Gasteiger partial charge in [0.1, 0.15) is 0 Å². The number of thiazole rings is 1. The van der Waals surface area contributed by atoms with Gasteiger partial charge in [-0.25, -0.2) is 9.78 Å². The van der Waals surface area contributed by atoms with Crippen LogP contribution >= 0.6 is 35.5 Å². The third-order valence-electron chi connectivity index (χ3n) is 1.31. The van der Waals surface area contributed by atoms with Crippen molar-refractivity contribution in [1.29, 1.82) is 0 Å². The fourth-order valence-electron chi connectivity index (χ4n) is 0.769. The van der Waals surface area contributed by atoms with Gasteiger partial charge in [0.2, 0.25) is 0 Å². The van der Waals surface area contributed by atoms with E-state index in [2.05, 4.69) is 4.98 Å². The molecule has 0 bridgehead atoms. The molecule has 1 aromatic heterocycles. The Hall–Kier alpha value is -0.300. The quantitative estimate of drug-likeness (QED) is 0.652. The molecule has 1 rings (SSSR count). The molecule has 0 saturated carbocycles. The van der Waals surface area contributed by atoms with E-state index in [0.29, 0.717) is 18.8 Å². The minimum Gasteiger partial charge on any atom is -0.461 e. The van der Waals surface area contributed by atoms with E-state index in [1.807, 2.05) is 0 Å². The molecular weight excluding hydrogens is 256 g/mol. The van der Waals surface area contributed by atoms with Gasteiger partial charge in [-0.05, 0) is 6.92 Å². The van der Waals surface area contributed by atoms with Crippen LogP contribution in [0.3, 0.4) is 0 Å². The Balaban J connectivity index is 0.00000196. The number of hydrogen-bond acceptors (Lipinski definition) is 6. The van der Waals surface area contributed by atoms with Crippen molar-refractivity contribution in [3.8, 4) is 0 Å². The molecule has 0 aliphatic heterocycles. The molecule has 2 N–H and O–H groups in total. The summed E-state index contributed by atoms with van der Waals surface area (Å²) in [6.45, 7) is 2.76. The van der Waals surface area contributed by atoms with Crippen molar-refractivity contribution in [3.05, 3.63) is 11.1 Å². The lowest BCUT2D eigenvalue weighted by Crippen LogP contribution is -2.05. The summed E-state index contributed by atoms with van der Waals surface area (Å²) in [6.07, 6.45) is 0. The summed E-state index contributed by atoms with van der Waals surface area (Å²) in [5.74, 6) is 0.457. The molecule has 86 valence electrons. The maximum atomic E-state index is 11.2. The Labute approximate surface area is 103 Å². The Morgan fingerprint density at radius 2 is 2.47 bits per heavy atom. The van der Waals surface area contributed by atoms with Crippen LogP contribution in [0.1, 0.15) is 17.4 Å². The highest BCUT2D eigenvalue weighted by Gasteiger charge is 2.11. The van der Waals surface area contributed by atoms with Crippen molar-refractivity contribution in [1.82, 2.24) is 4.98 Å². The Bertz CT molecular complexity index is 307. The molecule has 0 fully saturated rings. The van der Waals surface area contributed by atoms with Gasteiger partial charge in [-0.15, -0.1) is 23.7 Å². The monoisotopic (exact) mass is 268 g/mol. The summed E-state index contributed by atoms with van der Waals surface area (Å²) in [4.78, 5) is 15.3. The van der Waals surface area contributed by atoms with E-state index in [4.69, 9.17) is 10.5 Å². The predicted molar refractivity (Wildman–Crippen MR) is 65.1 cm³/mol. The van der Waals surface area contributed by atoms with Crippen molar-refractivity contribution < 1.29 is 9.53 Å². The first-order valence-corrected chi connectivity index (χ1v) is 6.10. The molecule has 0 saturated heterocycles. The van der Waals surface area contributed by atoms with Gasteiger partial charge in [0.15, 0.2) is 10.0 Å². The standard InChI is InChI=1S/C8H12N2O2S2.ClH/c1-2-12-7(11)6-5-14-8(10-6)13-4-3-9;/h5H,2-4,9H2,1H3;1H. The highest BCUT2D eigenvalue weighted by molar-refractivity contribution is 8.01. The summed E-state index contributed by atoms with van der Waals surface area (Å²) in [7, 11) is 0. The zero-order valence-electron chi connectivity index (χ0n) is 8.26. The first kappa shape index (κ1) is 14.7. The Morgan fingerprint density at radius 1 is 1.73 bits per heavy atom. The molecule has 0 atom stereocenters. The predicted octanol–water partition coefficient (Wildman–Crippen LogP) is 1.79. The van der Waals surface area contributed by atoms with Gasteiger partial charge in [-0.1, -0.05) is 11.8 Å². The fraction of sp³-hybridized carbons (Fsp3) is 0.500. The van der Waals surface area contributed by atoms with E-state index in [1.165, 1.54) is 11.3 Å². The van der Waals surface area contributed by atoms with Crippen LogP contribution in [0.25, 0.3) is 0 Å². The SMILES string of the molecule is CCOC(=O)c1csc(SCCN)n1.Cl. The zero-order chi connectivity index (χ0) is 10.4. The average Bonchev–Trinajstić information content (AvgIpc) is 2.63. The van der Waals surface area contributed by atoms with Crippen molar-refractivity contribution in [3.63, 3.8) is 0 Å². The number of ether oxygens (including phenoxy) is 1. The molecule has 0 aliphatic rings. The Kier molecular flexibility index (Phi) is 7.76. The zero-order valence-corrected chi connectivity index (χ0v) is 10.7. The summed E-state index contributed by atoms with van der Waals surface area (Å²) < 4.78 is 5.68. The number of rotatable bonds is 5. The van der Waals surface area contributed by atoms with E-state index < -0.39 is 0 Å². The van der Waals surface area contributed by atoms with Gasteiger partial charge >= 0.3 is 5.97 Å². The molecule has 0 radical (unpaired) electrons. The third-order valence-corrected chi connectivity index (χ3v) is 3.37. The van der Waals surface area contributed by atoms with E-state index in [-0.39, 0.29) is 18.4 Å². The molecule has 0 aromatic carbocycles. The highest BCUT2D eigenvalue weighted by Crippen LogP contribution is 2.22. The summed E-state index contributed by atoms with van der Waals surface area (Å²) in [5, 5.41) is 1.71. The number of carbonyl (C=O) groups is 1. The van der Waals surface area contributed by atoms with Crippen LogP contribution in [0.5, 0.6) is 0 Å². The minimum atomic E-state index is -0.358. The first-order chi connectivity index (χ1) is 6.77. The lowest BCUT2D eigenvalue weighted by Gasteiger charge is -1.96. The van der Waals surface area contributed by atoms with Crippen LogP contribution in [-0.4, -0.2) is 29.9 Å². The lowest BCUT2D eigenvalue weighted by molar-refractivity contribution is 0.0520. The lowest BCUT2D eigenvalue weighted by atomic mass is 10.5. The van der Waals surface area contributed by atoms with Crippen LogP contribution in [0.2, 0.25) is 0 Å². The number of carbonyl (C=O) groups excluding carboxylic acids is 1. The third kappa shape index (κ3) is 4.83. The number of hydrogen-bond donors (Lipinski definition) is 1. The van der Waals surface area contributed by atoms with Crippen LogP contribution in [0.15, 0.2) is 9.72 Å². The average molecular weight is 269 g/mol. The minimum absolute atomic E-state index is 0. The first-order valence-electron chi connectivity index (χ1n) is 4.23. The number of halogens is 1. The molecule has 4 nitrogen and oxygen atoms in total. The van der Waals surface area contributed by atoms with Crippen molar-refractivity contribution >= 4 is 41.5 Å². The molecule has 7 heteroatoms. The van der Waals surface area contributed by atoms with Gasteiger partial charge in [0.05, 0.1) is 6.61 Å². The summed E-state index contributed by atoms with van der Waals surface area (Å²) in [5.41, 5.74) is 5.74. The molecular formula is C8H13ClN2O2S2. The largest absolute Gasteiger partial charge is 0.461 e. The normalized spacial score (nSPS) is 9.47. The van der Waals surface area contributed by atoms with Gasteiger partial charge < -0.3 is 10.5 Å². The van der Waals surface area contributed by atoms with Crippen molar-refractivity contribution in [2.45, 2.75) is 11.3 Å². The van der Waals surface area contributed by atoms with Gasteiger partial charge in [0, 0.05) is 17.7 Å². The summed E-state index contributed by atoms with van der Waals surface area (Å²) >= 11 is 2.99. The molecule has 1 heterocycles. The second kappa shape index (κ2) is 7.92. The second-order valence-electron chi connectivity index (χ2n) is 2.36. The number of nitrogens with zero attached hydrogens (tertiary/aromatic N) is 1. The molecule has 0 aliphatic carbocycles. The maximum Gasteiger partial charge on any atom is 0.357 e. The smallest absolute Gasteiger partial charge is 0.357 e. The van der Waals surface area contributed by atoms with Gasteiger partial charge in [-0.3, -0.25) is 0 Å². The van der Waals surface area contributed by atoms with E-state index in [0.717, 1.165) is 10.1 Å². The molecule has 0 spiro atoms. The summed E-state index contributed by atoms with van der Waals surface area (Å²) in [6, 6.07) is 0. The molecule has 0 amide bonds. The van der Waals surface area contributed by atoms with E-state index in [9.17, 15) is 4.79 Å². The number of nitrogens with two attached hydrogens (primary N) is 1. The molecule has 0 unspecified atom stereocenters.